The molecule has 0 bridgehead atoms. The lowest BCUT2D eigenvalue weighted by Gasteiger charge is -2.02. The van der Waals surface area contributed by atoms with Crippen molar-refractivity contribution in [3.63, 3.8) is 0 Å². The van der Waals surface area contributed by atoms with E-state index in [1.165, 1.54) is 10.6 Å². The van der Waals surface area contributed by atoms with Gasteiger partial charge in [-0.3, -0.25) is 9.89 Å². The Balaban J connectivity index is 2.38. The smallest absolute Gasteiger partial charge is 0.272 e. The summed E-state index contributed by atoms with van der Waals surface area (Å²) in [6.45, 7) is 2.21. The molecule has 1 aromatic carbocycles. The number of nitrogens with one attached hydrogen (secondary N) is 1. The molecule has 1 N–H and O–H groups in total. The van der Waals surface area contributed by atoms with E-state index in [-0.39, 0.29) is 5.56 Å². The van der Waals surface area contributed by atoms with E-state index in [4.69, 9.17) is 4.74 Å². The van der Waals surface area contributed by atoms with Gasteiger partial charge in [0.2, 0.25) is 0 Å². The Hall–Kier alpha value is -2.40. The molecule has 0 saturated carbocycles. The molecular formula is C15H15N3O2. The SMILES string of the molecule is COCc1[nH]n2c(=O)cc(C)nc2c1-c1ccccc1. The van der Waals surface area contributed by atoms with Gasteiger partial charge < -0.3 is 4.74 Å². The quantitative estimate of drug-likeness (QED) is 0.792. The molecule has 3 rings (SSSR count). The largest absolute Gasteiger partial charge is 0.378 e. The molecule has 3 aromatic rings. The number of aryl methyl sites for hydroxylation is 1. The monoisotopic (exact) mass is 269 g/mol. The normalized spacial score (nSPS) is 11.1. The third-order valence-corrected chi connectivity index (χ3v) is 3.17. The summed E-state index contributed by atoms with van der Waals surface area (Å²) in [5.74, 6) is 0. The number of fused-ring (bicyclic) bond motifs is 1. The zero-order valence-electron chi connectivity index (χ0n) is 11.4. The average molecular weight is 269 g/mol. The van der Waals surface area contributed by atoms with Gasteiger partial charge in [-0.1, -0.05) is 30.3 Å². The molecule has 102 valence electrons. The summed E-state index contributed by atoms with van der Waals surface area (Å²) in [4.78, 5) is 16.5. The molecule has 5 heteroatoms. The first-order valence-electron chi connectivity index (χ1n) is 6.36. The van der Waals surface area contributed by atoms with Crippen molar-refractivity contribution in [1.82, 2.24) is 14.6 Å². The van der Waals surface area contributed by atoms with Crippen molar-refractivity contribution in [3.05, 3.63) is 58.1 Å². The number of benzene rings is 1. The standard InChI is InChI=1S/C15H15N3O2/c1-10-8-13(19)18-15(16-10)14(12(17-18)9-20-2)11-6-4-3-5-7-11/h3-8,17H,9H2,1-2H3. The number of H-pyrrole nitrogens is 1. The van der Waals surface area contributed by atoms with Crippen molar-refractivity contribution in [2.24, 2.45) is 0 Å². The van der Waals surface area contributed by atoms with Gasteiger partial charge in [-0.15, -0.1) is 0 Å². The highest BCUT2D eigenvalue weighted by Crippen LogP contribution is 2.27. The van der Waals surface area contributed by atoms with Gasteiger partial charge in [-0.25, -0.2) is 9.50 Å². The van der Waals surface area contributed by atoms with Gasteiger partial charge in [-0.2, -0.15) is 0 Å². The second-order valence-corrected chi connectivity index (χ2v) is 4.66. The van der Waals surface area contributed by atoms with Crippen LogP contribution in [0.2, 0.25) is 0 Å². The minimum absolute atomic E-state index is 0.118. The Morgan fingerprint density at radius 1 is 1.30 bits per heavy atom. The highest BCUT2D eigenvalue weighted by Gasteiger charge is 2.15. The maximum atomic E-state index is 12.1. The summed E-state index contributed by atoms with van der Waals surface area (Å²) in [5, 5.41) is 3.08. The minimum atomic E-state index is -0.118. The molecule has 2 heterocycles. The van der Waals surface area contributed by atoms with Crippen LogP contribution in [0.15, 0.2) is 41.2 Å². The zero-order valence-corrected chi connectivity index (χ0v) is 11.4. The summed E-state index contributed by atoms with van der Waals surface area (Å²) in [6, 6.07) is 11.4. The number of hydrogen-bond donors (Lipinski definition) is 1. The lowest BCUT2D eigenvalue weighted by Crippen LogP contribution is -2.14. The second-order valence-electron chi connectivity index (χ2n) is 4.66. The molecule has 20 heavy (non-hydrogen) atoms. The van der Waals surface area contributed by atoms with E-state index in [1.807, 2.05) is 37.3 Å². The summed E-state index contributed by atoms with van der Waals surface area (Å²) >= 11 is 0. The maximum absolute atomic E-state index is 12.1. The summed E-state index contributed by atoms with van der Waals surface area (Å²) < 4.78 is 6.68. The molecular weight excluding hydrogens is 254 g/mol. The average Bonchev–Trinajstić information content (AvgIpc) is 2.79. The Bertz CT molecular complexity index is 803. The number of nitrogens with zero attached hydrogens (tertiary/aromatic N) is 2. The third-order valence-electron chi connectivity index (χ3n) is 3.17. The van der Waals surface area contributed by atoms with Crippen molar-refractivity contribution >= 4 is 5.65 Å². The number of aromatic nitrogens is 3. The number of rotatable bonds is 3. The fourth-order valence-electron chi connectivity index (χ4n) is 2.36. The molecule has 0 radical (unpaired) electrons. The van der Waals surface area contributed by atoms with E-state index in [0.717, 1.165) is 16.8 Å². The van der Waals surface area contributed by atoms with Crippen molar-refractivity contribution < 1.29 is 4.74 Å². The molecule has 0 saturated heterocycles. The Kier molecular flexibility index (Phi) is 3.12. The first-order valence-corrected chi connectivity index (χ1v) is 6.36. The number of methoxy groups -OCH3 is 1. The number of hydrogen-bond acceptors (Lipinski definition) is 3. The van der Waals surface area contributed by atoms with E-state index in [0.29, 0.717) is 17.9 Å². The molecule has 5 nitrogen and oxygen atoms in total. The van der Waals surface area contributed by atoms with E-state index >= 15 is 0 Å². The van der Waals surface area contributed by atoms with Crippen molar-refractivity contribution in [1.29, 1.82) is 0 Å². The van der Waals surface area contributed by atoms with Gasteiger partial charge >= 0.3 is 0 Å². The molecule has 0 aliphatic rings. The van der Waals surface area contributed by atoms with Crippen LogP contribution in [0.1, 0.15) is 11.4 Å². The van der Waals surface area contributed by atoms with Crippen LogP contribution in [0.5, 0.6) is 0 Å². The highest BCUT2D eigenvalue weighted by atomic mass is 16.5. The number of ether oxygens (including phenoxy) is 1. The molecule has 2 aromatic heterocycles. The van der Waals surface area contributed by atoms with Gasteiger partial charge in [0.1, 0.15) is 0 Å². The number of aromatic amines is 1. The molecule has 0 unspecified atom stereocenters. The predicted molar refractivity (Wildman–Crippen MR) is 76.7 cm³/mol. The van der Waals surface area contributed by atoms with Gasteiger partial charge in [0.15, 0.2) is 5.65 Å². The Morgan fingerprint density at radius 3 is 2.75 bits per heavy atom. The molecule has 0 aliphatic carbocycles. The van der Waals surface area contributed by atoms with Crippen LogP contribution in [-0.2, 0) is 11.3 Å². The molecule has 0 fully saturated rings. The fourth-order valence-corrected chi connectivity index (χ4v) is 2.36. The van der Waals surface area contributed by atoms with Crippen molar-refractivity contribution in [3.8, 4) is 11.1 Å². The molecule has 0 aliphatic heterocycles. The van der Waals surface area contributed by atoms with Crippen molar-refractivity contribution in [2.45, 2.75) is 13.5 Å². The minimum Gasteiger partial charge on any atom is -0.378 e. The first kappa shape index (κ1) is 12.6. The van der Waals surface area contributed by atoms with Crippen LogP contribution in [0, 0.1) is 6.92 Å². The zero-order chi connectivity index (χ0) is 14.1. The van der Waals surface area contributed by atoms with E-state index in [2.05, 4.69) is 10.1 Å². The van der Waals surface area contributed by atoms with Gasteiger partial charge in [0.05, 0.1) is 12.3 Å². The van der Waals surface area contributed by atoms with Crippen LogP contribution in [0.25, 0.3) is 16.8 Å². The lowest BCUT2D eigenvalue weighted by atomic mass is 10.1. The highest BCUT2D eigenvalue weighted by molar-refractivity contribution is 5.79. The van der Waals surface area contributed by atoms with Crippen LogP contribution < -0.4 is 5.56 Å². The van der Waals surface area contributed by atoms with Crippen molar-refractivity contribution in [2.75, 3.05) is 7.11 Å². The Labute approximate surface area is 115 Å². The first-order chi connectivity index (χ1) is 9.70. The maximum Gasteiger partial charge on any atom is 0.272 e. The van der Waals surface area contributed by atoms with Crippen LogP contribution >= 0.6 is 0 Å². The summed E-state index contributed by atoms with van der Waals surface area (Å²) in [5.41, 5.74) is 3.98. The van der Waals surface area contributed by atoms with Gasteiger partial charge in [0, 0.05) is 24.4 Å². The van der Waals surface area contributed by atoms with Crippen LogP contribution in [0.4, 0.5) is 0 Å². The Morgan fingerprint density at radius 2 is 2.05 bits per heavy atom. The molecule has 0 amide bonds. The van der Waals surface area contributed by atoms with Crippen LogP contribution in [0.3, 0.4) is 0 Å². The van der Waals surface area contributed by atoms with E-state index in [1.54, 1.807) is 7.11 Å². The topological polar surface area (TPSA) is 59.4 Å². The van der Waals surface area contributed by atoms with E-state index < -0.39 is 0 Å². The second kappa shape index (κ2) is 4.94. The molecule has 0 atom stereocenters. The summed E-state index contributed by atoms with van der Waals surface area (Å²) in [6.07, 6.45) is 0. The fraction of sp³-hybridized carbons (Fsp3) is 0.200. The summed E-state index contributed by atoms with van der Waals surface area (Å²) in [7, 11) is 1.63. The van der Waals surface area contributed by atoms with Gasteiger partial charge in [0.25, 0.3) is 5.56 Å². The van der Waals surface area contributed by atoms with E-state index in [9.17, 15) is 4.79 Å². The van der Waals surface area contributed by atoms with Crippen LogP contribution in [-0.4, -0.2) is 21.7 Å². The predicted octanol–water partition coefficient (Wildman–Crippen LogP) is 2.14. The molecule has 0 spiro atoms. The lowest BCUT2D eigenvalue weighted by molar-refractivity contribution is 0.181. The van der Waals surface area contributed by atoms with Gasteiger partial charge in [-0.05, 0) is 12.5 Å². The third kappa shape index (κ3) is 2.02.